The molecule has 1 aliphatic rings. The Hall–Kier alpha value is -7.98. The highest BCUT2D eigenvalue weighted by atomic mass is 35.5. The van der Waals surface area contributed by atoms with Gasteiger partial charge in [-0.05, 0) is 103 Å². The summed E-state index contributed by atoms with van der Waals surface area (Å²) in [7, 11) is 0. The molecule has 16 heteroatoms. The number of anilines is 1. The van der Waals surface area contributed by atoms with Gasteiger partial charge in [0.1, 0.15) is 23.9 Å². The fourth-order valence-electron chi connectivity index (χ4n) is 9.63. The number of carbonyl (C=O) groups excluding carboxylic acids is 2. The summed E-state index contributed by atoms with van der Waals surface area (Å²) in [6.07, 6.45) is 2.78. The van der Waals surface area contributed by atoms with Crippen LogP contribution in [0.1, 0.15) is 70.4 Å². The number of halogens is 1. The second-order valence-electron chi connectivity index (χ2n) is 19.7. The molecule has 0 radical (unpaired) electrons. The van der Waals surface area contributed by atoms with Crippen LogP contribution < -0.4 is 26.1 Å². The van der Waals surface area contributed by atoms with Gasteiger partial charge in [0.25, 0.3) is 17.4 Å². The highest BCUT2D eigenvalue weighted by Crippen LogP contribution is 2.37. The molecular weight excluding hydrogens is 988 g/mol. The lowest BCUT2D eigenvalue weighted by molar-refractivity contribution is 0.0601. The summed E-state index contributed by atoms with van der Waals surface area (Å²) in [6, 6.07) is 44.5. The SMILES string of the molecule is Cc1ccc(C(=O)N(CCCNC(=O)c2ccc(OCCCN3CCN(CCOc4ccc5ccccc5c4/N=N/c4ccc(N)cc4)CC3)nc2)[C@@H](c2nc3cc(Cl)ccc3c(=O)n2Cc2ccccc2)C(C)C)cc1. The Morgan fingerprint density at radius 2 is 1.49 bits per heavy atom. The molecule has 1 fully saturated rings. The van der Waals surface area contributed by atoms with E-state index in [1.54, 1.807) is 39.8 Å². The molecule has 2 aromatic heterocycles. The average molecular weight is 1050 g/mol. The first-order valence-corrected chi connectivity index (χ1v) is 26.7. The second kappa shape index (κ2) is 25.7. The van der Waals surface area contributed by atoms with Crippen molar-refractivity contribution in [2.45, 2.75) is 46.2 Å². The minimum Gasteiger partial charge on any atom is -0.490 e. The second-order valence-corrected chi connectivity index (χ2v) is 20.2. The van der Waals surface area contributed by atoms with Crippen LogP contribution in [0.3, 0.4) is 0 Å². The Balaban J connectivity index is 0.746. The fourth-order valence-corrected chi connectivity index (χ4v) is 9.79. The van der Waals surface area contributed by atoms with Gasteiger partial charge in [-0.2, -0.15) is 5.11 Å². The van der Waals surface area contributed by atoms with Crippen molar-refractivity contribution >= 4 is 62.2 Å². The van der Waals surface area contributed by atoms with E-state index < -0.39 is 6.04 Å². The summed E-state index contributed by atoms with van der Waals surface area (Å²) in [6.45, 7) is 13.4. The largest absolute Gasteiger partial charge is 0.490 e. The van der Waals surface area contributed by atoms with Crippen LogP contribution in [0.4, 0.5) is 17.1 Å². The predicted octanol–water partition coefficient (Wildman–Crippen LogP) is 11.1. The number of nitrogens with one attached hydrogen (secondary N) is 1. The van der Waals surface area contributed by atoms with E-state index in [0.29, 0.717) is 75.5 Å². The lowest BCUT2D eigenvalue weighted by Gasteiger charge is -2.35. The summed E-state index contributed by atoms with van der Waals surface area (Å²) in [5, 5.41) is 15.1. The zero-order valence-corrected chi connectivity index (χ0v) is 44.6. The molecule has 2 amide bonds. The zero-order chi connectivity index (χ0) is 53.7. The topological polar surface area (TPSA) is 173 Å². The van der Waals surface area contributed by atoms with Crippen molar-refractivity contribution in [1.82, 2.24) is 34.6 Å². The maximum Gasteiger partial charge on any atom is 0.261 e. The van der Waals surface area contributed by atoms with Crippen LogP contribution in [0.15, 0.2) is 167 Å². The first-order valence-electron chi connectivity index (χ1n) is 26.3. The Labute approximate surface area is 454 Å². The van der Waals surface area contributed by atoms with Crippen molar-refractivity contribution in [3.8, 4) is 11.6 Å². The monoisotopic (exact) mass is 1050 g/mol. The molecule has 3 heterocycles. The van der Waals surface area contributed by atoms with Gasteiger partial charge >= 0.3 is 0 Å². The van der Waals surface area contributed by atoms with E-state index in [1.165, 1.54) is 6.20 Å². The molecule has 1 atom stereocenters. The molecule has 0 spiro atoms. The molecule has 0 unspecified atom stereocenters. The summed E-state index contributed by atoms with van der Waals surface area (Å²) in [5.41, 5.74) is 11.1. The normalized spacial score (nSPS) is 13.6. The standard InChI is InChI=1S/C61H65ClN10O5/c1-42(2)57(58-66-53-39-48(62)21-26-52(53)61(75)72(58)41-44-11-5-4-6-12-44)71(60(74)46-17-15-43(3)16-18-46)31-9-29-64-59(73)47-20-28-55(65-40-47)77-37-10-30-69-32-34-70(35-33-69)36-38-76-54-27-19-45-13-7-8-14-51(45)56(54)68-67-50-24-22-49(63)23-25-50/h4-8,11-28,39-40,42,57H,9-10,29-38,41,63H2,1-3H3,(H,64,73)/b68-67+/t57-/m1/s1. The average Bonchev–Trinajstić information content (AvgIpc) is 3.46. The number of azo groups is 1. The van der Waals surface area contributed by atoms with Crippen LogP contribution >= 0.6 is 11.6 Å². The number of nitrogen functional groups attached to an aromatic ring is 1. The van der Waals surface area contributed by atoms with E-state index in [-0.39, 0.29) is 42.9 Å². The van der Waals surface area contributed by atoms with Gasteiger partial charge in [0.05, 0.1) is 41.3 Å². The molecule has 15 nitrogen and oxygen atoms in total. The maximum absolute atomic E-state index is 14.6. The first kappa shape index (κ1) is 53.8. The quantitative estimate of drug-likeness (QED) is 0.0378. The molecule has 3 N–H and O–H groups in total. The zero-order valence-electron chi connectivity index (χ0n) is 43.9. The molecule has 8 aromatic rings. The van der Waals surface area contributed by atoms with E-state index in [2.05, 4.69) is 42.5 Å². The Morgan fingerprint density at radius 3 is 2.23 bits per heavy atom. The Kier molecular flexibility index (Phi) is 18.0. The van der Waals surface area contributed by atoms with Crippen LogP contribution in [-0.2, 0) is 6.54 Å². The Bertz CT molecular complexity index is 3370. The van der Waals surface area contributed by atoms with Gasteiger partial charge in [0, 0.05) is 86.3 Å². The molecule has 0 bridgehead atoms. The smallest absolute Gasteiger partial charge is 0.261 e. The highest BCUT2D eigenvalue weighted by molar-refractivity contribution is 6.31. The third-order valence-electron chi connectivity index (χ3n) is 13.8. The number of fused-ring (bicyclic) bond motifs is 2. The number of ether oxygens (including phenoxy) is 2. The Morgan fingerprint density at radius 1 is 0.766 bits per heavy atom. The summed E-state index contributed by atoms with van der Waals surface area (Å²) >= 11 is 6.44. The molecule has 0 aliphatic carbocycles. The number of piperazine rings is 1. The van der Waals surface area contributed by atoms with Crippen LogP contribution in [-0.4, -0.2) is 107 Å². The minimum atomic E-state index is -0.609. The van der Waals surface area contributed by atoms with Crippen molar-refractivity contribution in [2.24, 2.45) is 16.1 Å². The molecule has 1 aliphatic heterocycles. The number of nitrogens with zero attached hydrogens (tertiary/aromatic N) is 8. The number of carbonyl (C=O) groups is 2. The molecule has 77 heavy (non-hydrogen) atoms. The summed E-state index contributed by atoms with van der Waals surface area (Å²) < 4.78 is 14.0. The number of benzene rings is 6. The van der Waals surface area contributed by atoms with E-state index >= 15 is 0 Å². The van der Waals surface area contributed by atoms with Crippen molar-refractivity contribution in [1.29, 1.82) is 0 Å². The van der Waals surface area contributed by atoms with Gasteiger partial charge in [-0.3, -0.25) is 23.9 Å². The van der Waals surface area contributed by atoms with Gasteiger partial charge < -0.3 is 30.3 Å². The van der Waals surface area contributed by atoms with Gasteiger partial charge in [-0.25, -0.2) is 9.97 Å². The van der Waals surface area contributed by atoms with Crippen LogP contribution in [0.2, 0.25) is 5.02 Å². The number of aromatic nitrogens is 3. The predicted molar refractivity (Wildman–Crippen MR) is 305 cm³/mol. The van der Waals surface area contributed by atoms with E-state index in [4.69, 9.17) is 31.8 Å². The number of hydrogen-bond donors (Lipinski definition) is 2. The number of nitrogens with two attached hydrogens (primary N) is 1. The molecular formula is C61H65ClN10O5. The molecule has 0 saturated carbocycles. The lowest BCUT2D eigenvalue weighted by Crippen LogP contribution is -2.47. The van der Waals surface area contributed by atoms with E-state index in [9.17, 15) is 14.4 Å². The number of pyridine rings is 1. The number of aryl methyl sites for hydroxylation is 1. The van der Waals surface area contributed by atoms with E-state index in [1.807, 2.05) is 124 Å². The first-order chi connectivity index (χ1) is 37.5. The van der Waals surface area contributed by atoms with Crippen LogP contribution in [0.5, 0.6) is 11.6 Å². The third-order valence-corrected chi connectivity index (χ3v) is 14.0. The van der Waals surface area contributed by atoms with Gasteiger partial charge in [0.15, 0.2) is 0 Å². The molecule has 6 aromatic carbocycles. The maximum atomic E-state index is 14.6. The molecule has 396 valence electrons. The van der Waals surface area contributed by atoms with Crippen molar-refractivity contribution in [2.75, 3.05) is 71.3 Å². The fraction of sp³-hybridized carbons (Fsp3) is 0.295. The highest BCUT2D eigenvalue weighted by Gasteiger charge is 2.33. The lowest BCUT2D eigenvalue weighted by atomic mass is 9.98. The number of amides is 2. The van der Waals surface area contributed by atoms with Gasteiger partial charge in [0.2, 0.25) is 5.88 Å². The third kappa shape index (κ3) is 13.9. The van der Waals surface area contributed by atoms with Crippen LogP contribution in [0, 0.1) is 12.8 Å². The summed E-state index contributed by atoms with van der Waals surface area (Å²) in [5.74, 6) is 0.966. The van der Waals surface area contributed by atoms with Gasteiger partial charge in [-0.1, -0.05) is 104 Å². The van der Waals surface area contributed by atoms with E-state index in [0.717, 1.165) is 73.3 Å². The van der Waals surface area contributed by atoms with Crippen molar-refractivity contribution in [3.63, 3.8) is 0 Å². The van der Waals surface area contributed by atoms with Crippen molar-refractivity contribution < 1.29 is 19.1 Å². The summed E-state index contributed by atoms with van der Waals surface area (Å²) in [4.78, 5) is 58.6. The number of hydrogen-bond acceptors (Lipinski definition) is 12. The van der Waals surface area contributed by atoms with Crippen LogP contribution in [0.25, 0.3) is 21.7 Å². The molecule has 1 saturated heterocycles. The molecule has 9 rings (SSSR count). The van der Waals surface area contributed by atoms with Crippen molar-refractivity contribution in [3.05, 3.63) is 195 Å². The number of rotatable bonds is 22. The minimum absolute atomic E-state index is 0.158. The van der Waals surface area contributed by atoms with Gasteiger partial charge in [-0.15, -0.1) is 5.11 Å².